The van der Waals surface area contributed by atoms with Gasteiger partial charge in [-0.15, -0.1) is 0 Å². The average molecular weight is 403 g/mol. The number of para-hydroxylation sites is 3. The molecule has 0 spiro atoms. The van der Waals surface area contributed by atoms with Gasteiger partial charge in [0, 0.05) is 32.7 Å². The van der Waals surface area contributed by atoms with Crippen molar-refractivity contribution in [3.63, 3.8) is 0 Å². The summed E-state index contributed by atoms with van der Waals surface area (Å²) < 4.78 is 17.3. The first kappa shape index (κ1) is 18.9. The van der Waals surface area contributed by atoms with E-state index in [1.165, 1.54) is 0 Å². The first-order chi connectivity index (χ1) is 13.7. The fourth-order valence-corrected chi connectivity index (χ4v) is 3.57. The maximum atomic E-state index is 12.8. The van der Waals surface area contributed by atoms with Crippen LogP contribution in [0, 0.1) is 0 Å². The van der Waals surface area contributed by atoms with Crippen molar-refractivity contribution in [2.45, 2.75) is 6.10 Å². The van der Waals surface area contributed by atoms with Crippen LogP contribution in [0.15, 0.2) is 48.5 Å². The normalized spacial score (nSPS) is 19.3. The summed E-state index contributed by atoms with van der Waals surface area (Å²) in [6.07, 6.45) is -0.579. The molecule has 4 rings (SSSR count). The molecule has 0 bridgehead atoms. The van der Waals surface area contributed by atoms with Crippen molar-refractivity contribution in [1.82, 2.24) is 9.80 Å². The van der Waals surface area contributed by atoms with Crippen molar-refractivity contribution in [1.29, 1.82) is 0 Å². The van der Waals surface area contributed by atoms with E-state index in [-0.39, 0.29) is 12.5 Å². The lowest BCUT2D eigenvalue weighted by Gasteiger charge is -2.37. The molecule has 148 valence electrons. The van der Waals surface area contributed by atoms with Crippen molar-refractivity contribution >= 4 is 17.5 Å². The van der Waals surface area contributed by atoms with E-state index in [1.807, 2.05) is 53.4 Å². The van der Waals surface area contributed by atoms with E-state index in [4.69, 9.17) is 25.8 Å². The van der Waals surface area contributed by atoms with E-state index in [0.29, 0.717) is 42.0 Å². The number of benzene rings is 2. The topological polar surface area (TPSA) is 51.2 Å². The first-order valence-corrected chi connectivity index (χ1v) is 9.85. The molecule has 0 radical (unpaired) electrons. The van der Waals surface area contributed by atoms with Crippen LogP contribution in [0.4, 0.5) is 0 Å². The Kier molecular flexibility index (Phi) is 5.88. The summed E-state index contributed by atoms with van der Waals surface area (Å²) >= 11 is 6.10. The van der Waals surface area contributed by atoms with Crippen LogP contribution in [0.1, 0.15) is 0 Å². The molecule has 1 unspecified atom stereocenters. The Morgan fingerprint density at radius 1 is 1.04 bits per heavy atom. The van der Waals surface area contributed by atoms with Gasteiger partial charge in [-0.3, -0.25) is 9.69 Å². The van der Waals surface area contributed by atoms with Crippen LogP contribution in [0.3, 0.4) is 0 Å². The highest BCUT2D eigenvalue weighted by Crippen LogP contribution is 2.31. The molecule has 0 saturated carbocycles. The second-order valence-corrected chi connectivity index (χ2v) is 7.22. The molecule has 2 aromatic carbocycles. The minimum absolute atomic E-state index is 0.0125. The van der Waals surface area contributed by atoms with E-state index < -0.39 is 6.10 Å². The molecule has 2 aromatic rings. The van der Waals surface area contributed by atoms with Gasteiger partial charge >= 0.3 is 0 Å². The van der Waals surface area contributed by atoms with Crippen LogP contribution in [-0.2, 0) is 4.79 Å². The Morgan fingerprint density at radius 2 is 1.75 bits per heavy atom. The number of rotatable bonds is 5. The highest BCUT2D eigenvalue weighted by Gasteiger charge is 2.32. The number of amides is 1. The van der Waals surface area contributed by atoms with Crippen molar-refractivity contribution < 1.29 is 19.0 Å². The summed E-state index contributed by atoms with van der Waals surface area (Å²) in [5.74, 6) is 2.01. The summed E-state index contributed by atoms with van der Waals surface area (Å²) in [6, 6.07) is 14.9. The maximum absolute atomic E-state index is 12.8. The molecular formula is C21H23ClN2O4. The second kappa shape index (κ2) is 8.71. The summed E-state index contributed by atoms with van der Waals surface area (Å²) in [5.41, 5.74) is 0. The standard InChI is InChI=1S/C21H23ClN2O4/c22-16-5-1-2-6-17(16)26-14-13-23-9-11-24(12-10-23)21(25)20-15-27-18-7-3-4-8-19(18)28-20/h1-8,20H,9-15H2. The lowest BCUT2D eigenvalue weighted by Crippen LogP contribution is -2.54. The van der Waals surface area contributed by atoms with Crippen LogP contribution >= 0.6 is 11.6 Å². The molecule has 28 heavy (non-hydrogen) atoms. The largest absolute Gasteiger partial charge is 0.491 e. The predicted molar refractivity (Wildman–Crippen MR) is 106 cm³/mol. The van der Waals surface area contributed by atoms with Gasteiger partial charge in [0.05, 0.1) is 5.02 Å². The molecule has 1 saturated heterocycles. The molecule has 2 heterocycles. The molecule has 0 aliphatic carbocycles. The number of carbonyl (C=O) groups is 1. The van der Waals surface area contributed by atoms with Crippen LogP contribution in [0.2, 0.25) is 5.02 Å². The number of fused-ring (bicyclic) bond motifs is 1. The Morgan fingerprint density at radius 3 is 2.54 bits per heavy atom. The van der Waals surface area contributed by atoms with E-state index in [1.54, 1.807) is 0 Å². The van der Waals surface area contributed by atoms with Gasteiger partial charge in [-0.2, -0.15) is 0 Å². The Balaban J connectivity index is 1.22. The van der Waals surface area contributed by atoms with Crippen molar-refractivity contribution in [2.24, 2.45) is 0 Å². The minimum Gasteiger partial charge on any atom is -0.491 e. The Hall–Kier alpha value is -2.44. The van der Waals surface area contributed by atoms with Gasteiger partial charge in [-0.25, -0.2) is 0 Å². The smallest absolute Gasteiger partial charge is 0.267 e. The Labute approximate surface area is 169 Å². The zero-order valence-electron chi connectivity index (χ0n) is 15.6. The lowest BCUT2D eigenvalue weighted by molar-refractivity contribution is -0.143. The zero-order chi connectivity index (χ0) is 19.3. The molecule has 1 fully saturated rings. The Bertz CT molecular complexity index is 824. The summed E-state index contributed by atoms with van der Waals surface area (Å²) in [4.78, 5) is 16.9. The predicted octanol–water partition coefficient (Wildman–Crippen LogP) is 2.70. The van der Waals surface area contributed by atoms with Crippen molar-refractivity contribution in [3.05, 3.63) is 53.6 Å². The summed E-state index contributed by atoms with van der Waals surface area (Å²) in [5, 5.41) is 0.620. The number of carbonyl (C=O) groups excluding carboxylic acids is 1. The quantitative estimate of drug-likeness (QED) is 0.769. The third-order valence-corrected chi connectivity index (χ3v) is 5.28. The zero-order valence-corrected chi connectivity index (χ0v) is 16.3. The maximum Gasteiger partial charge on any atom is 0.267 e. The van der Waals surface area contributed by atoms with Gasteiger partial charge in [0.2, 0.25) is 6.10 Å². The number of halogens is 1. The molecule has 2 aliphatic heterocycles. The lowest BCUT2D eigenvalue weighted by atomic mass is 10.2. The van der Waals surface area contributed by atoms with Crippen LogP contribution in [0.25, 0.3) is 0 Å². The molecule has 0 aromatic heterocycles. The van der Waals surface area contributed by atoms with Gasteiger partial charge in [0.15, 0.2) is 11.5 Å². The van der Waals surface area contributed by atoms with Crippen LogP contribution < -0.4 is 14.2 Å². The number of ether oxygens (including phenoxy) is 3. The molecular weight excluding hydrogens is 380 g/mol. The van der Waals surface area contributed by atoms with E-state index in [2.05, 4.69) is 4.90 Å². The molecule has 0 N–H and O–H groups in total. The fraction of sp³-hybridized carbons (Fsp3) is 0.381. The number of hydrogen-bond donors (Lipinski definition) is 0. The first-order valence-electron chi connectivity index (χ1n) is 9.47. The molecule has 1 atom stereocenters. The van der Waals surface area contributed by atoms with Crippen LogP contribution in [0.5, 0.6) is 17.2 Å². The molecule has 6 nitrogen and oxygen atoms in total. The highest BCUT2D eigenvalue weighted by atomic mass is 35.5. The number of nitrogens with zero attached hydrogens (tertiary/aromatic N) is 2. The number of hydrogen-bond acceptors (Lipinski definition) is 5. The average Bonchev–Trinajstić information content (AvgIpc) is 2.75. The summed E-state index contributed by atoms with van der Waals surface area (Å²) in [7, 11) is 0. The van der Waals surface area contributed by atoms with E-state index in [0.717, 1.165) is 19.6 Å². The number of piperazine rings is 1. The summed E-state index contributed by atoms with van der Waals surface area (Å²) in [6.45, 7) is 4.57. The molecule has 2 aliphatic rings. The third kappa shape index (κ3) is 4.34. The molecule has 1 amide bonds. The monoisotopic (exact) mass is 402 g/mol. The van der Waals surface area contributed by atoms with E-state index >= 15 is 0 Å². The SMILES string of the molecule is O=C(C1COc2ccccc2O1)N1CCN(CCOc2ccccc2Cl)CC1. The van der Waals surface area contributed by atoms with Gasteiger partial charge in [0.1, 0.15) is 19.0 Å². The molecule has 7 heteroatoms. The second-order valence-electron chi connectivity index (χ2n) is 6.81. The van der Waals surface area contributed by atoms with Crippen molar-refractivity contribution in [3.8, 4) is 17.2 Å². The van der Waals surface area contributed by atoms with Gasteiger partial charge in [0.25, 0.3) is 5.91 Å². The highest BCUT2D eigenvalue weighted by molar-refractivity contribution is 6.32. The van der Waals surface area contributed by atoms with Crippen molar-refractivity contribution in [2.75, 3.05) is 45.9 Å². The van der Waals surface area contributed by atoms with Crippen LogP contribution in [-0.4, -0.2) is 67.7 Å². The fourth-order valence-electron chi connectivity index (χ4n) is 3.38. The van der Waals surface area contributed by atoms with Gasteiger partial charge in [-0.05, 0) is 24.3 Å². The minimum atomic E-state index is -0.579. The van der Waals surface area contributed by atoms with Gasteiger partial charge < -0.3 is 19.1 Å². The van der Waals surface area contributed by atoms with Gasteiger partial charge in [-0.1, -0.05) is 35.9 Å². The van der Waals surface area contributed by atoms with E-state index in [9.17, 15) is 4.79 Å². The third-order valence-electron chi connectivity index (χ3n) is 4.97.